The molecule has 3 aromatic rings. The molecular formula is C23H28N6. The summed E-state index contributed by atoms with van der Waals surface area (Å²) in [4.78, 5) is 12.0. The second-order valence-electron chi connectivity index (χ2n) is 7.34. The third-order valence-corrected chi connectivity index (χ3v) is 5.58. The number of benzene rings is 1. The van der Waals surface area contributed by atoms with Gasteiger partial charge in [-0.3, -0.25) is 19.4 Å². The van der Waals surface area contributed by atoms with E-state index in [9.17, 15) is 0 Å². The summed E-state index contributed by atoms with van der Waals surface area (Å²) in [6.07, 6.45) is 2.79. The van der Waals surface area contributed by atoms with Crippen molar-refractivity contribution >= 4 is 5.71 Å². The van der Waals surface area contributed by atoms with Crippen LogP contribution in [0.3, 0.4) is 0 Å². The van der Waals surface area contributed by atoms with E-state index >= 15 is 0 Å². The minimum absolute atomic E-state index is 0.109. The van der Waals surface area contributed by atoms with E-state index in [1.54, 1.807) is 0 Å². The van der Waals surface area contributed by atoms with Crippen molar-refractivity contribution in [1.82, 2.24) is 24.6 Å². The zero-order valence-corrected chi connectivity index (χ0v) is 17.6. The van der Waals surface area contributed by atoms with E-state index < -0.39 is 0 Å². The molecule has 0 N–H and O–H groups in total. The quantitative estimate of drug-likeness (QED) is 0.641. The minimum Gasteiger partial charge on any atom is -0.296 e. The van der Waals surface area contributed by atoms with Gasteiger partial charge in [-0.25, -0.2) is 0 Å². The average molecular weight is 389 g/mol. The van der Waals surface area contributed by atoms with Crippen molar-refractivity contribution in [2.24, 2.45) is 4.99 Å². The first-order valence-electron chi connectivity index (χ1n) is 10.5. The topological polar surface area (TPSA) is 59.2 Å². The van der Waals surface area contributed by atoms with Crippen molar-refractivity contribution in [3.05, 3.63) is 71.1 Å². The largest absolute Gasteiger partial charge is 0.296 e. The van der Waals surface area contributed by atoms with Gasteiger partial charge >= 0.3 is 0 Å². The highest BCUT2D eigenvalue weighted by Crippen LogP contribution is 2.31. The highest BCUT2D eigenvalue weighted by atomic mass is 15.3. The lowest BCUT2D eigenvalue weighted by Gasteiger charge is -2.19. The number of hydrogen-bond acceptors (Lipinski definition) is 5. The number of nitrogens with zero attached hydrogens (tertiary/aromatic N) is 6. The lowest BCUT2D eigenvalue weighted by atomic mass is 10.0. The Bertz CT molecular complexity index is 1020. The number of hydrogen-bond donors (Lipinski definition) is 0. The Kier molecular flexibility index (Phi) is 5.53. The fraction of sp³-hybridized carbons (Fsp3) is 0.391. The normalized spacial score (nSPS) is 15.6. The van der Waals surface area contributed by atoms with Crippen LogP contribution >= 0.6 is 0 Å². The molecule has 1 atom stereocenters. The van der Waals surface area contributed by atoms with Crippen molar-refractivity contribution in [3.63, 3.8) is 0 Å². The van der Waals surface area contributed by atoms with Gasteiger partial charge in [-0.1, -0.05) is 39.0 Å². The molecule has 1 aliphatic rings. The maximum absolute atomic E-state index is 5.03. The lowest BCUT2D eigenvalue weighted by molar-refractivity contribution is 0.286. The van der Waals surface area contributed by atoms with Gasteiger partial charge in [0.2, 0.25) is 0 Å². The Balaban J connectivity index is 1.93. The first-order valence-corrected chi connectivity index (χ1v) is 10.5. The summed E-state index contributed by atoms with van der Waals surface area (Å²) >= 11 is 0. The van der Waals surface area contributed by atoms with E-state index in [2.05, 4.69) is 70.5 Å². The minimum atomic E-state index is -0.109. The fourth-order valence-electron chi connectivity index (χ4n) is 3.82. The van der Waals surface area contributed by atoms with Crippen molar-refractivity contribution in [2.45, 2.75) is 46.7 Å². The van der Waals surface area contributed by atoms with Crippen LogP contribution in [-0.2, 0) is 13.0 Å². The number of rotatable bonds is 6. The summed E-state index contributed by atoms with van der Waals surface area (Å²) in [5.41, 5.74) is 5.25. The van der Waals surface area contributed by atoms with Crippen LogP contribution in [0.25, 0.3) is 5.69 Å². The molecule has 1 aliphatic heterocycles. The van der Waals surface area contributed by atoms with Crippen molar-refractivity contribution in [2.75, 3.05) is 13.1 Å². The van der Waals surface area contributed by atoms with E-state index in [0.717, 1.165) is 60.4 Å². The molecule has 2 aromatic heterocycles. The molecule has 3 heterocycles. The van der Waals surface area contributed by atoms with Gasteiger partial charge < -0.3 is 0 Å². The maximum atomic E-state index is 5.03. The molecule has 0 fully saturated rings. The Morgan fingerprint density at radius 2 is 1.86 bits per heavy atom. The average Bonchev–Trinajstić information content (AvgIpc) is 3.14. The van der Waals surface area contributed by atoms with E-state index in [1.165, 1.54) is 5.56 Å². The number of aryl methyl sites for hydroxylation is 1. The summed E-state index contributed by atoms with van der Waals surface area (Å²) < 4.78 is 2.22. The zero-order valence-electron chi connectivity index (χ0n) is 17.6. The molecule has 0 aliphatic carbocycles. The number of aliphatic imine (C=N–C) groups is 1. The molecule has 4 rings (SSSR count). The Morgan fingerprint density at radius 1 is 1.03 bits per heavy atom. The molecule has 6 heteroatoms. The van der Waals surface area contributed by atoms with Gasteiger partial charge in [0.1, 0.15) is 6.04 Å². The highest BCUT2D eigenvalue weighted by molar-refractivity contribution is 6.14. The molecule has 0 amide bonds. The van der Waals surface area contributed by atoms with Gasteiger partial charge in [0, 0.05) is 11.8 Å². The van der Waals surface area contributed by atoms with Gasteiger partial charge in [-0.2, -0.15) is 0 Å². The van der Waals surface area contributed by atoms with Crippen molar-refractivity contribution in [1.29, 1.82) is 0 Å². The van der Waals surface area contributed by atoms with Crippen LogP contribution in [0.1, 0.15) is 62.2 Å². The molecule has 0 spiro atoms. The predicted molar refractivity (Wildman–Crippen MR) is 116 cm³/mol. The van der Waals surface area contributed by atoms with Gasteiger partial charge in [0.15, 0.2) is 11.6 Å². The summed E-state index contributed by atoms with van der Waals surface area (Å²) in [6.45, 7) is 11.3. The standard InChI is InChI=1S/C23H28N6/c1-5-17-11-12-18-20(14-17)29-21(15-28(6-2)7-3)26-27-23(29)16(4)25-22(18)19-10-8-9-13-24-19/h8-14,16H,5-7,15H2,1-4H3. The van der Waals surface area contributed by atoms with Gasteiger partial charge in [-0.15, -0.1) is 10.2 Å². The van der Waals surface area contributed by atoms with Crippen molar-refractivity contribution < 1.29 is 0 Å². The fourth-order valence-corrected chi connectivity index (χ4v) is 3.82. The van der Waals surface area contributed by atoms with E-state index in [4.69, 9.17) is 4.99 Å². The molecule has 29 heavy (non-hydrogen) atoms. The van der Waals surface area contributed by atoms with Gasteiger partial charge in [-0.05, 0) is 50.2 Å². The molecular weight excluding hydrogens is 360 g/mol. The van der Waals surface area contributed by atoms with E-state index in [-0.39, 0.29) is 6.04 Å². The molecule has 1 unspecified atom stereocenters. The summed E-state index contributed by atoms with van der Waals surface area (Å²) in [5, 5.41) is 9.12. The summed E-state index contributed by atoms with van der Waals surface area (Å²) in [5.74, 6) is 1.84. The number of pyridine rings is 1. The Morgan fingerprint density at radius 3 is 2.55 bits per heavy atom. The molecule has 0 saturated carbocycles. The molecule has 1 aromatic carbocycles. The Hall–Kier alpha value is -2.86. The second-order valence-corrected chi connectivity index (χ2v) is 7.34. The van der Waals surface area contributed by atoms with Crippen LogP contribution in [0.2, 0.25) is 0 Å². The summed E-state index contributed by atoms with van der Waals surface area (Å²) in [7, 11) is 0. The smallest absolute Gasteiger partial charge is 0.162 e. The third-order valence-electron chi connectivity index (χ3n) is 5.58. The van der Waals surface area contributed by atoms with Crippen molar-refractivity contribution in [3.8, 4) is 5.69 Å². The number of fused-ring (bicyclic) bond motifs is 3. The molecule has 0 bridgehead atoms. The highest BCUT2D eigenvalue weighted by Gasteiger charge is 2.27. The van der Waals surface area contributed by atoms with Crippen LogP contribution < -0.4 is 0 Å². The van der Waals surface area contributed by atoms with E-state index in [1.807, 2.05) is 24.4 Å². The third kappa shape index (κ3) is 3.60. The van der Waals surface area contributed by atoms with Crippen LogP contribution in [0.5, 0.6) is 0 Å². The lowest BCUT2D eigenvalue weighted by Crippen LogP contribution is -2.24. The van der Waals surface area contributed by atoms with E-state index in [0.29, 0.717) is 0 Å². The first-order chi connectivity index (χ1) is 14.2. The first kappa shape index (κ1) is 19.5. The monoisotopic (exact) mass is 388 g/mol. The molecule has 150 valence electrons. The maximum Gasteiger partial charge on any atom is 0.162 e. The number of aromatic nitrogens is 4. The zero-order chi connectivity index (χ0) is 20.4. The van der Waals surface area contributed by atoms with Crippen LogP contribution in [0, 0.1) is 0 Å². The Labute approximate surface area is 172 Å². The van der Waals surface area contributed by atoms with Gasteiger partial charge in [0.25, 0.3) is 0 Å². The van der Waals surface area contributed by atoms with Crippen LogP contribution in [-0.4, -0.2) is 43.4 Å². The molecule has 0 radical (unpaired) electrons. The molecule has 6 nitrogen and oxygen atoms in total. The second kappa shape index (κ2) is 8.25. The predicted octanol–water partition coefficient (Wildman–Crippen LogP) is 3.98. The SMILES string of the molecule is CCc1ccc2c(c1)-n1c(CN(CC)CC)nnc1C(C)N=C2c1ccccn1. The summed E-state index contributed by atoms with van der Waals surface area (Å²) in [6, 6.07) is 12.5. The van der Waals surface area contributed by atoms with Crippen LogP contribution in [0.15, 0.2) is 47.6 Å². The van der Waals surface area contributed by atoms with Crippen LogP contribution in [0.4, 0.5) is 0 Å². The van der Waals surface area contributed by atoms with Gasteiger partial charge in [0.05, 0.1) is 23.6 Å². The molecule has 0 saturated heterocycles.